The molecule has 130 valence electrons. The number of hydrogen-bond acceptors (Lipinski definition) is 10. The van der Waals surface area contributed by atoms with Crippen LogP contribution in [0.5, 0.6) is 0 Å². The third kappa shape index (κ3) is 3.26. The molecule has 7 N–H and O–H groups in total. The topological polar surface area (TPSA) is 169 Å². The molecule has 2 heterocycles. The second-order valence-electron chi connectivity index (χ2n) is 5.51. The summed E-state index contributed by atoms with van der Waals surface area (Å²) in [5.41, 5.74) is 0. The Balaban J connectivity index is 2.10. The molecule has 2 aliphatic rings. The highest BCUT2D eigenvalue weighted by molar-refractivity contribution is 4.92. The minimum atomic E-state index is -1.67. The Bertz CT molecular complexity index is 352. The molecule has 0 aromatic rings. The van der Waals surface area contributed by atoms with E-state index in [4.69, 9.17) is 19.3 Å². The second-order valence-corrected chi connectivity index (χ2v) is 5.51. The molecule has 0 aromatic heterocycles. The SMILES string of the molecule is C[C@@H]1O[C@@H](O)[C@H](O)[C@H](O[C@@H]2O[C@@H](CO)[C@H](O)[C@@H](O)[C@@H]2O)[C@H]1O. The van der Waals surface area contributed by atoms with Gasteiger partial charge in [0.05, 0.1) is 12.7 Å². The molecular formula is C12H22O10. The first-order valence-corrected chi connectivity index (χ1v) is 6.93. The van der Waals surface area contributed by atoms with Gasteiger partial charge in [0.15, 0.2) is 12.6 Å². The molecule has 2 fully saturated rings. The van der Waals surface area contributed by atoms with Crippen LogP contribution in [-0.4, -0.2) is 104 Å². The lowest BCUT2D eigenvalue weighted by molar-refractivity contribution is -0.353. The molecule has 0 radical (unpaired) electrons. The fraction of sp³-hybridized carbons (Fsp3) is 1.00. The van der Waals surface area contributed by atoms with E-state index < -0.39 is 68.0 Å². The average molecular weight is 326 g/mol. The van der Waals surface area contributed by atoms with Crippen LogP contribution in [0.3, 0.4) is 0 Å². The van der Waals surface area contributed by atoms with Crippen molar-refractivity contribution in [2.24, 2.45) is 0 Å². The summed E-state index contributed by atoms with van der Waals surface area (Å²) < 4.78 is 15.3. The summed E-state index contributed by atoms with van der Waals surface area (Å²) in [6.45, 7) is 0.812. The predicted molar refractivity (Wildman–Crippen MR) is 67.2 cm³/mol. The Morgan fingerprint density at radius 1 is 0.818 bits per heavy atom. The fourth-order valence-electron chi connectivity index (χ4n) is 2.51. The van der Waals surface area contributed by atoms with E-state index in [1.807, 2.05) is 0 Å². The van der Waals surface area contributed by atoms with Gasteiger partial charge in [0.1, 0.15) is 42.7 Å². The fourth-order valence-corrected chi connectivity index (χ4v) is 2.51. The first-order valence-electron chi connectivity index (χ1n) is 6.93. The Morgan fingerprint density at radius 2 is 1.45 bits per heavy atom. The quantitative estimate of drug-likeness (QED) is 0.269. The molecule has 0 saturated carbocycles. The highest BCUT2D eigenvalue weighted by atomic mass is 16.7. The lowest BCUT2D eigenvalue weighted by Gasteiger charge is -2.44. The molecule has 0 aliphatic carbocycles. The standard InChI is InChI=1S/C12H22O10/c1-3-5(14)10(9(18)11(19)20-3)22-12-8(17)7(16)6(15)4(2-13)21-12/h3-19H,2H2,1H3/t3-,4-,5-,6-,7+,8-,9+,10+,11+,12-/m0/s1. The number of ether oxygens (including phenoxy) is 3. The van der Waals surface area contributed by atoms with Crippen molar-refractivity contribution in [2.75, 3.05) is 6.61 Å². The van der Waals surface area contributed by atoms with E-state index >= 15 is 0 Å². The van der Waals surface area contributed by atoms with Crippen molar-refractivity contribution in [3.63, 3.8) is 0 Å². The Morgan fingerprint density at radius 3 is 2.05 bits per heavy atom. The van der Waals surface area contributed by atoms with Gasteiger partial charge in [-0.15, -0.1) is 0 Å². The van der Waals surface area contributed by atoms with E-state index in [0.717, 1.165) is 0 Å². The van der Waals surface area contributed by atoms with Gasteiger partial charge < -0.3 is 50.0 Å². The zero-order valence-electron chi connectivity index (χ0n) is 11.8. The van der Waals surface area contributed by atoms with Crippen LogP contribution in [0.15, 0.2) is 0 Å². The minimum Gasteiger partial charge on any atom is -0.394 e. The molecule has 0 bridgehead atoms. The molecule has 2 saturated heterocycles. The summed E-state index contributed by atoms with van der Waals surface area (Å²) in [6.07, 6.45) is -14.3. The van der Waals surface area contributed by atoms with Crippen LogP contribution in [0.2, 0.25) is 0 Å². The van der Waals surface area contributed by atoms with Gasteiger partial charge in [-0.1, -0.05) is 0 Å². The van der Waals surface area contributed by atoms with Crippen LogP contribution >= 0.6 is 0 Å². The highest BCUT2D eigenvalue weighted by Crippen LogP contribution is 2.28. The largest absolute Gasteiger partial charge is 0.394 e. The Labute approximate surface area is 126 Å². The predicted octanol–water partition coefficient (Wildman–Crippen LogP) is -4.37. The van der Waals surface area contributed by atoms with Crippen molar-refractivity contribution in [3.05, 3.63) is 0 Å². The van der Waals surface area contributed by atoms with Crippen molar-refractivity contribution in [1.82, 2.24) is 0 Å². The van der Waals surface area contributed by atoms with Gasteiger partial charge in [-0.05, 0) is 6.92 Å². The minimum absolute atomic E-state index is 0.636. The van der Waals surface area contributed by atoms with E-state index in [1.54, 1.807) is 0 Å². The van der Waals surface area contributed by atoms with Gasteiger partial charge in [0.25, 0.3) is 0 Å². The van der Waals surface area contributed by atoms with Crippen molar-refractivity contribution >= 4 is 0 Å². The van der Waals surface area contributed by atoms with Crippen LogP contribution in [-0.2, 0) is 14.2 Å². The van der Waals surface area contributed by atoms with Gasteiger partial charge in [0, 0.05) is 0 Å². The van der Waals surface area contributed by atoms with Crippen molar-refractivity contribution < 1.29 is 50.0 Å². The molecule has 10 atom stereocenters. The summed E-state index contributed by atoms with van der Waals surface area (Å²) in [5.74, 6) is 0. The maximum absolute atomic E-state index is 9.96. The van der Waals surface area contributed by atoms with Crippen LogP contribution in [0, 0.1) is 0 Å². The number of aliphatic hydroxyl groups excluding tert-OH is 7. The first kappa shape index (κ1) is 17.9. The molecule has 0 aromatic carbocycles. The van der Waals surface area contributed by atoms with Gasteiger partial charge >= 0.3 is 0 Å². The number of aliphatic hydroxyl groups is 7. The summed E-state index contributed by atoms with van der Waals surface area (Å²) >= 11 is 0. The van der Waals surface area contributed by atoms with Crippen LogP contribution in [0.1, 0.15) is 6.92 Å². The summed E-state index contributed by atoms with van der Waals surface area (Å²) in [4.78, 5) is 0. The molecule has 0 unspecified atom stereocenters. The third-order valence-electron chi connectivity index (χ3n) is 3.94. The van der Waals surface area contributed by atoms with Crippen molar-refractivity contribution in [3.8, 4) is 0 Å². The molecule has 0 amide bonds. The van der Waals surface area contributed by atoms with Crippen LogP contribution in [0.4, 0.5) is 0 Å². The molecule has 10 nitrogen and oxygen atoms in total. The third-order valence-corrected chi connectivity index (χ3v) is 3.94. The molecule has 2 rings (SSSR count). The summed E-state index contributed by atoms with van der Waals surface area (Å²) in [6, 6.07) is 0. The van der Waals surface area contributed by atoms with Gasteiger partial charge in [-0.25, -0.2) is 0 Å². The van der Waals surface area contributed by atoms with Crippen molar-refractivity contribution in [1.29, 1.82) is 0 Å². The highest BCUT2D eigenvalue weighted by Gasteiger charge is 2.49. The summed E-state index contributed by atoms with van der Waals surface area (Å²) in [5, 5.41) is 67.6. The molecule has 10 heteroatoms. The Kier molecular flexibility index (Phi) is 5.72. The normalized spacial score (nSPS) is 53.5. The van der Waals surface area contributed by atoms with E-state index in [-0.39, 0.29) is 0 Å². The second kappa shape index (κ2) is 7.01. The maximum Gasteiger partial charge on any atom is 0.187 e. The first-order chi connectivity index (χ1) is 10.3. The van der Waals surface area contributed by atoms with Gasteiger partial charge in [-0.3, -0.25) is 0 Å². The smallest absolute Gasteiger partial charge is 0.187 e. The van der Waals surface area contributed by atoms with Crippen LogP contribution in [0.25, 0.3) is 0 Å². The zero-order valence-corrected chi connectivity index (χ0v) is 11.8. The molecular weight excluding hydrogens is 304 g/mol. The van der Waals surface area contributed by atoms with E-state index in [0.29, 0.717) is 0 Å². The lowest BCUT2D eigenvalue weighted by Crippen LogP contribution is -2.63. The molecule has 0 spiro atoms. The van der Waals surface area contributed by atoms with Gasteiger partial charge in [0.2, 0.25) is 0 Å². The number of rotatable bonds is 3. The number of hydrogen-bond donors (Lipinski definition) is 7. The zero-order chi connectivity index (χ0) is 16.6. The molecule has 22 heavy (non-hydrogen) atoms. The average Bonchev–Trinajstić information content (AvgIpc) is 2.49. The van der Waals surface area contributed by atoms with Crippen LogP contribution < -0.4 is 0 Å². The Hall–Kier alpha value is -0.400. The molecule has 2 aliphatic heterocycles. The maximum atomic E-state index is 9.96. The van der Waals surface area contributed by atoms with E-state index in [9.17, 15) is 30.6 Å². The monoisotopic (exact) mass is 326 g/mol. The van der Waals surface area contributed by atoms with Gasteiger partial charge in [-0.2, -0.15) is 0 Å². The van der Waals surface area contributed by atoms with E-state index in [2.05, 4.69) is 0 Å². The summed E-state index contributed by atoms with van der Waals surface area (Å²) in [7, 11) is 0. The lowest BCUT2D eigenvalue weighted by atomic mass is 9.97. The van der Waals surface area contributed by atoms with Crippen molar-refractivity contribution in [2.45, 2.75) is 68.3 Å². The van der Waals surface area contributed by atoms with E-state index in [1.165, 1.54) is 6.92 Å².